The molecule has 2 atom stereocenters. The molecule has 80 valence electrons. The maximum absolute atomic E-state index is 9.75. The van der Waals surface area contributed by atoms with Crippen LogP contribution in [0.2, 0.25) is 0 Å². The lowest BCUT2D eigenvalue weighted by molar-refractivity contribution is -0.961. The van der Waals surface area contributed by atoms with Gasteiger partial charge in [0.2, 0.25) is 0 Å². The van der Waals surface area contributed by atoms with Gasteiger partial charge >= 0.3 is 6.41 Å². The van der Waals surface area contributed by atoms with Crippen LogP contribution < -0.4 is 0 Å². The third kappa shape index (κ3) is 4.07. The van der Waals surface area contributed by atoms with Crippen LogP contribution in [0.15, 0.2) is 0 Å². The number of rotatable bonds is 5. The van der Waals surface area contributed by atoms with Gasteiger partial charge in [-0.3, -0.25) is 4.48 Å². The zero-order valence-electron chi connectivity index (χ0n) is 9.74. The van der Waals surface area contributed by atoms with E-state index in [4.69, 9.17) is 4.74 Å². The summed E-state index contributed by atoms with van der Waals surface area (Å²) in [5.41, 5.74) is 0. The molecule has 0 radical (unpaired) electrons. The van der Waals surface area contributed by atoms with Gasteiger partial charge in [0.25, 0.3) is 0 Å². The Hall–Kier alpha value is -0.120. The highest BCUT2D eigenvalue weighted by Crippen LogP contribution is 2.12. The monoisotopic (exact) mass is 190 g/mol. The van der Waals surface area contributed by atoms with Crippen molar-refractivity contribution >= 4 is 0 Å². The second kappa shape index (κ2) is 4.94. The Kier molecular flexibility index (Phi) is 4.89. The molecule has 3 nitrogen and oxygen atoms in total. The standard InChI is InChI=1S/C10H24NO2/c1-7-11(5,6)10(12)13-9(4)8(2)3/h8-10,12H,7H2,1-6H3/q+1. The molecule has 0 aromatic carbocycles. The van der Waals surface area contributed by atoms with Gasteiger partial charge in [0, 0.05) is 0 Å². The maximum Gasteiger partial charge on any atom is 0.306 e. The van der Waals surface area contributed by atoms with Crippen molar-refractivity contribution < 1.29 is 14.3 Å². The van der Waals surface area contributed by atoms with Crippen molar-refractivity contribution in [2.75, 3.05) is 20.6 Å². The van der Waals surface area contributed by atoms with Crippen LogP contribution in [0.4, 0.5) is 0 Å². The predicted octanol–water partition coefficient (Wildman–Crippen LogP) is 1.42. The van der Waals surface area contributed by atoms with Gasteiger partial charge in [0.05, 0.1) is 26.7 Å². The number of quaternary nitrogens is 1. The molecule has 0 aliphatic carbocycles. The molecule has 0 bridgehead atoms. The molecule has 0 rings (SSSR count). The zero-order chi connectivity index (χ0) is 10.6. The SMILES string of the molecule is CC[N+](C)(C)C(O)OC(C)C(C)C. The predicted molar refractivity (Wildman–Crippen MR) is 54.0 cm³/mol. The van der Waals surface area contributed by atoms with Crippen molar-refractivity contribution in [2.24, 2.45) is 5.92 Å². The second-order valence-corrected chi connectivity index (χ2v) is 4.51. The first-order chi connectivity index (χ1) is 5.81. The van der Waals surface area contributed by atoms with Gasteiger partial charge in [-0.15, -0.1) is 0 Å². The van der Waals surface area contributed by atoms with Gasteiger partial charge in [0.1, 0.15) is 0 Å². The molecular formula is C10H24NO2+. The van der Waals surface area contributed by atoms with E-state index in [1.54, 1.807) is 0 Å². The van der Waals surface area contributed by atoms with Gasteiger partial charge in [-0.05, 0) is 19.8 Å². The molecule has 0 spiro atoms. The molecule has 0 saturated heterocycles. The van der Waals surface area contributed by atoms with E-state index in [1.165, 1.54) is 0 Å². The van der Waals surface area contributed by atoms with Crippen LogP contribution in [0.25, 0.3) is 0 Å². The lowest BCUT2D eigenvalue weighted by Crippen LogP contribution is -2.51. The van der Waals surface area contributed by atoms with Gasteiger partial charge < -0.3 is 9.84 Å². The van der Waals surface area contributed by atoms with Crippen LogP contribution in [-0.4, -0.2) is 42.7 Å². The molecular weight excluding hydrogens is 166 g/mol. The number of ether oxygens (including phenoxy) is 1. The van der Waals surface area contributed by atoms with E-state index in [0.717, 1.165) is 6.54 Å². The lowest BCUT2D eigenvalue weighted by Gasteiger charge is -2.34. The minimum Gasteiger partial charge on any atom is -0.321 e. The number of hydrogen-bond donors (Lipinski definition) is 1. The summed E-state index contributed by atoms with van der Waals surface area (Å²) in [5, 5.41) is 9.75. The lowest BCUT2D eigenvalue weighted by atomic mass is 10.1. The van der Waals surface area contributed by atoms with Crippen molar-refractivity contribution in [1.29, 1.82) is 0 Å². The summed E-state index contributed by atoms with van der Waals surface area (Å²) in [4.78, 5) is 0. The summed E-state index contributed by atoms with van der Waals surface area (Å²) in [6.45, 7) is 9.05. The van der Waals surface area contributed by atoms with Crippen LogP contribution in [0, 0.1) is 5.92 Å². The van der Waals surface area contributed by atoms with E-state index in [2.05, 4.69) is 13.8 Å². The summed E-state index contributed by atoms with van der Waals surface area (Å²) >= 11 is 0. The molecule has 3 heteroatoms. The van der Waals surface area contributed by atoms with Crippen molar-refractivity contribution in [3.63, 3.8) is 0 Å². The topological polar surface area (TPSA) is 29.5 Å². The van der Waals surface area contributed by atoms with Crippen LogP contribution in [0.5, 0.6) is 0 Å². The summed E-state index contributed by atoms with van der Waals surface area (Å²) in [7, 11) is 3.91. The Labute approximate surface area is 81.9 Å². The average molecular weight is 190 g/mol. The van der Waals surface area contributed by atoms with E-state index in [9.17, 15) is 5.11 Å². The molecule has 0 heterocycles. The first-order valence-corrected chi connectivity index (χ1v) is 4.97. The minimum absolute atomic E-state index is 0.0962. The molecule has 0 aromatic heterocycles. The fraction of sp³-hybridized carbons (Fsp3) is 1.00. The normalized spacial score (nSPS) is 17.5. The van der Waals surface area contributed by atoms with Crippen LogP contribution in [0.1, 0.15) is 27.7 Å². The zero-order valence-corrected chi connectivity index (χ0v) is 9.74. The van der Waals surface area contributed by atoms with Crippen LogP contribution in [-0.2, 0) is 4.74 Å². The summed E-state index contributed by atoms with van der Waals surface area (Å²) in [6, 6.07) is 0. The highest BCUT2D eigenvalue weighted by atomic mass is 16.6. The molecule has 2 unspecified atom stereocenters. The molecule has 0 saturated carbocycles. The van der Waals surface area contributed by atoms with Gasteiger partial charge in [-0.2, -0.15) is 0 Å². The van der Waals surface area contributed by atoms with Crippen LogP contribution in [0.3, 0.4) is 0 Å². The third-order valence-corrected chi connectivity index (χ3v) is 2.69. The van der Waals surface area contributed by atoms with Crippen molar-refractivity contribution in [2.45, 2.75) is 40.2 Å². The Bertz CT molecular complexity index is 146. The molecule has 0 fully saturated rings. The Morgan fingerprint density at radius 1 is 1.23 bits per heavy atom. The first kappa shape index (κ1) is 12.9. The fourth-order valence-corrected chi connectivity index (χ4v) is 0.670. The van der Waals surface area contributed by atoms with Crippen molar-refractivity contribution in [1.82, 2.24) is 0 Å². The Balaban J connectivity index is 4.06. The largest absolute Gasteiger partial charge is 0.321 e. The molecule has 0 amide bonds. The molecule has 0 aliphatic rings. The van der Waals surface area contributed by atoms with E-state index in [-0.39, 0.29) is 6.10 Å². The highest BCUT2D eigenvalue weighted by molar-refractivity contribution is 4.53. The number of nitrogens with zero attached hydrogens (tertiary/aromatic N) is 1. The Morgan fingerprint density at radius 2 is 1.69 bits per heavy atom. The molecule has 13 heavy (non-hydrogen) atoms. The second-order valence-electron chi connectivity index (χ2n) is 4.51. The van der Waals surface area contributed by atoms with Gasteiger partial charge in [0.15, 0.2) is 0 Å². The van der Waals surface area contributed by atoms with Crippen LogP contribution >= 0.6 is 0 Å². The minimum atomic E-state index is -0.720. The van der Waals surface area contributed by atoms with E-state index in [0.29, 0.717) is 10.4 Å². The van der Waals surface area contributed by atoms with E-state index in [1.807, 2.05) is 27.9 Å². The van der Waals surface area contributed by atoms with Crippen molar-refractivity contribution in [3.05, 3.63) is 0 Å². The summed E-state index contributed by atoms with van der Waals surface area (Å²) in [5.74, 6) is 0.437. The number of aliphatic hydroxyl groups excluding tert-OH is 1. The van der Waals surface area contributed by atoms with Gasteiger partial charge in [-0.25, -0.2) is 0 Å². The molecule has 1 N–H and O–H groups in total. The number of hydrogen-bond acceptors (Lipinski definition) is 2. The fourth-order valence-electron chi connectivity index (χ4n) is 0.670. The van der Waals surface area contributed by atoms with Crippen molar-refractivity contribution in [3.8, 4) is 0 Å². The Morgan fingerprint density at radius 3 is 2.00 bits per heavy atom. The molecule has 0 aliphatic heterocycles. The van der Waals surface area contributed by atoms with E-state index < -0.39 is 6.41 Å². The van der Waals surface area contributed by atoms with Gasteiger partial charge in [-0.1, -0.05) is 13.8 Å². The quantitative estimate of drug-likeness (QED) is 0.525. The maximum atomic E-state index is 9.75. The summed E-state index contributed by atoms with van der Waals surface area (Å²) < 4.78 is 5.98. The number of aliphatic hydroxyl groups is 1. The van der Waals surface area contributed by atoms with E-state index >= 15 is 0 Å². The summed E-state index contributed by atoms with van der Waals surface area (Å²) in [6.07, 6.45) is -0.624. The average Bonchev–Trinajstić information content (AvgIpc) is 2.04. The smallest absolute Gasteiger partial charge is 0.306 e. The first-order valence-electron chi connectivity index (χ1n) is 4.97. The molecule has 0 aromatic rings. The highest BCUT2D eigenvalue weighted by Gasteiger charge is 2.27. The third-order valence-electron chi connectivity index (χ3n) is 2.69.